The van der Waals surface area contributed by atoms with E-state index in [-0.39, 0.29) is 24.6 Å². The van der Waals surface area contributed by atoms with Crippen LogP contribution in [-0.4, -0.2) is 73.1 Å². The van der Waals surface area contributed by atoms with Gasteiger partial charge in [0.05, 0.1) is 19.8 Å². The molecule has 7 heteroatoms. The first-order valence-electron chi connectivity index (χ1n) is 8.13. The number of morpholine rings is 1. The molecule has 2 rings (SSSR count). The number of nitrogens with two attached hydrogens (primary N) is 1. The average molecular weight is 312 g/mol. The van der Waals surface area contributed by atoms with Crippen molar-refractivity contribution in [2.24, 2.45) is 10.9 Å². The second-order valence-corrected chi connectivity index (χ2v) is 6.17. The molecule has 22 heavy (non-hydrogen) atoms. The predicted octanol–water partition coefficient (Wildman–Crippen LogP) is 0.397. The predicted molar refractivity (Wildman–Crippen MR) is 84.5 cm³/mol. The van der Waals surface area contributed by atoms with Crippen LogP contribution >= 0.6 is 0 Å². The number of ether oxygens (including phenoxy) is 1. The number of amidine groups is 1. The SMILES string of the molecule is CC1CCCC(C)N1C(=O)CO/N=C(/N)CN1CCOCC1. The molecule has 2 N–H and O–H groups in total. The lowest BCUT2D eigenvalue weighted by Gasteiger charge is -2.38. The van der Waals surface area contributed by atoms with Gasteiger partial charge in [0.1, 0.15) is 0 Å². The van der Waals surface area contributed by atoms with Gasteiger partial charge in [-0.1, -0.05) is 5.16 Å². The number of rotatable bonds is 5. The lowest BCUT2D eigenvalue weighted by molar-refractivity contribution is -0.142. The molecule has 0 aromatic heterocycles. The minimum atomic E-state index is -0.0432. The molecule has 126 valence electrons. The number of nitrogens with zero attached hydrogens (tertiary/aromatic N) is 3. The number of likely N-dealkylation sites (tertiary alicyclic amines) is 1. The summed E-state index contributed by atoms with van der Waals surface area (Å²) in [5.41, 5.74) is 5.84. The lowest BCUT2D eigenvalue weighted by Crippen LogP contribution is -2.48. The molecule has 0 radical (unpaired) electrons. The summed E-state index contributed by atoms with van der Waals surface area (Å²) in [7, 11) is 0. The van der Waals surface area contributed by atoms with E-state index in [0.717, 1.165) is 39.1 Å². The zero-order valence-electron chi connectivity index (χ0n) is 13.7. The minimum absolute atomic E-state index is 0.0115. The summed E-state index contributed by atoms with van der Waals surface area (Å²) in [5, 5.41) is 3.87. The van der Waals surface area contributed by atoms with Crippen molar-refractivity contribution in [3.05, 3.63) is 0 Å². The molecule has 0 aromatic carbocycles. The Morgan fingerprint density at radius 1 is 1.27 bits per heavy atom. The number of carbonyl (C=O) groups excluding carboxylic acids is 1. The fourth-order valence-electron chi connectivity index (χ4n) is 3.18. The Morgan fingerprint density at radius 2 is 1.91 bits per heavy atom. The van der Waals surface area contributed by atoms with Gasteiger partial charge in [-0.25, -0.2) is 0 Å². The molecule has 2 aliphatic rings. The van der Waals surface area contributed by atoms with Crippen molar-refractivity contribution in [2.45, 2.75) is 45.2 Å². The van der Waals surface area contributed by atoms with E-state index in [1.165, 1.54) is 6.42 Å². The minimum Gasteiger partial charge on any atom is -0.384 e. The Balaban J connectivity index is 1.74. The summed E-state index contributed by atoms with van der Waals surface area (Å²) in [6, 6.07) is 0.545. The average Bonchev–Trinajstić information content (AvgIpc) is 2.48. The van der Waals surface area contributed by atoms with Gasteiger partial charge in [0.2, 0.25) is 0 Å². The van der Waals surface area contributed by atoms with Gasteiger partial charge in [-0.15, -0.1) is 0 Å². The maximum atomic E-state index is 12.3. The first kappa shape index (κ1) is 17.0. The van der Waals surface area contributed by atoms with E-state index in [1.54, 1.807) is 0 Å². The number of hydrogen-bond donors (Lipinski definition) is 1. The topological polar surface area (TPSA) is 80.4 Å². The highest BCUT2D eigenvalue weighted by Gasteiger charge is 2.29. The Kier molecular flexibility index (Phi) is 6.45. The fraction of sp³-hybridized carbons (Fsp3) is 0.867. The summed E-state index contributed by atoms with van der Waals surface area (Å²) < 4.78 is 5.28. The molecule has 0 aliphatic carbocycles. The highest BCUT2D eigenvalue weighted by atomic mass is 16.6. The third-order valence-electron chi connectivity index (χ3n) is 4.34. The Labute approximate surface area is 132 Å². The van der Waals surface area contributed by atoms with Gasteiger partial charge in [-0.2, -0.15) is 0 Å². The lowest BCUT2D eigenvalue weighted by atomic mass is 9.97. The maximum absolute atomic E-state index is 12.3. The molecule has 2 saturated heterocycles. The first-order valence-corrected chi connectivity index (χ1v) is 8.13. The molecule has 2 aliphatic heterocycles. The molecule has 2 fully saturated rings. The summed E-state index contributed by atoms with van der Waals surface area (Å²) in [6.45, 7) is 7.81. The summed E-state index contributed by atoms with van der Waals surface area (Å²) in [5.74, 6) is 0.386. The Bertz CT molecular complexity index is 386. The van der Waals surface area contributed by atoms with Crippen molar-refractivity contribution >= 4 is 11.7 Å². The second-order valence-electron chi connectivity index (χ2n) is 6.17. The number of amides is 1. The number of piperidine rings is 1. The third-order valence-corrected chi connectivity index (χ3v) is 4.34. The van der Waals surface area contributed by atoms with Crippen molar-refractivity contribution in [1.82, 2.24) is 9.80 Å². The van der Waals surface area contributed by atoms with Crippen LogP contribution in [0.3, 0.4) is 0 Å². The van der Waals surface area contributed by atoms with Crippen molar-refractivity contribution in [2.75, 3.05) is 39.5 Å². The smallest absolute Gasteiger partial charge is 0.263 e. The largest absolute Gasteiger partial charge is 0.384 e. The van der Waals surface area contributed by atoms with Gasteiger partial charge >= 0.3 is 0 Å². The van der Waals surface area contributed by atoms with E-state index < -0.39 is 0 Å². The highest BCUT2D eigenvalue weighted by Crippen LogP contribution is 2.22. The van der Waals surface area contributed by atoms with Crippen LogP contribution in [0.2, 0.25) is 0 Å². The van der Waals surface area contributed by atoms with Crippen LogP contribution in [0.15, 0.2) is 5.16 Å². The Morgan fingerprint density at radius 3 is 2.55 bits per heavy atom. The Hall–Kier alpha value is -1.34. The van der Waals surface area contributed by atoms with E-state index in [1.807, 2.05) is 4.90 Å². The molecule has 0 spiro atoms. The van der Waals surface area contributed by atoms with Crippen molar-refractivity contribution < 1.29 is 14.4 Å². The van der Waals surface area contributed by atoms with E-state index >= 15 is 0 Å². The van der Waals surface area contributed by atoms with Gasteiger partial charge in [-0.05, 0) is 33.1 Å². The monoisotopic (exact) mass is 312 g/mol. The summed E-state index contributed by atoms with van der Waals surface area (Å²) >= 11 is 0. The zero-order chi connectivity index (χ0) is 15.9. The first-order chi connectivity index (χ1) is 10.6. The van der Waals surface area contributed by atoms with Crippen molar-refractivity contribution in [1.29, 1.82) is 0 Å². The van der Waals surface area contributed by atoms with Crippen LogP contribution in [0.4, 0.5) is 0 Å². The van der Waals surface area contributed by atoms with Crippen LogP contribution in [0.25, 0.3) is 0 Å². The molecular weight excluding hydrogens is 284 g/mol. The standard InChI is InChI=1S/C15H28N4O3/c1-12-4-3-5-13(2)19(12)15(20)11-22-17-14(16)10-18-6-8-21-9-7-18/h12-13H,3-11H2,1-2H3,(H2,16,17). The van der Waals surface area contributed by atoms with Crippen molar-refractivity contribution in [3.8, 4) is 0 Å². The van der Waals surface area contributed by atoms with E-state index in [4.69, 9.17) is 15.3 Å². The van der Waals surface area contributed by atoms with Crippen LogP contribution in [0.1, 0.15) is 33.1 Å². The van der Waals surface area contributed by atoms with E-state index in [0.29, 0.717) is 12.4 Å². The van der Waals surface area contributed by atoms with Gasteiger partial charge in [0.15, 0.2) is 12.4 Å². The molecule has 2 unspecified atom stereocenters. The summed E-state index contributed by atoms with van der Waals surface area (Å²) in [6.07, 6.45) is 3.29. The molecule has 2 atom stereocenters. The van der Waals surface area contributed by atoms with Crippen LogP contribution < -0.4 is 5.73 Å². The molecule has 0 saturated carbocycles. The molecule has 1 amide bonds. The van der Waals surface area contributed by atoms with E-state index in [2.05, 4.69) is 23.9 Å². The highest BCUT2D eigenvalue weighted by molar-refractivity contribution is 5.82. The maximum Gasteiger partial charge on any atom is 0.263 e. The number of oxime groups is 1. The number of carbonyl (C=O) groups is 1. The molecule has 0 aromatic rings. The second kappa shape index (κ2) is 8.33. The number of hydrogen-bond acceptors (Lipinski definition) is 5. The van der Waals surface area contributed by atoms with Crippen molar-refractivity contribution in [3.63, 3.8) is 0 Å². The summed E-state index contributed by atoms with van der Waals surface area (Å²) in [4.78, 5) is 21.5. The van der Waals surface area contributed by atoms with Crippen LogP contribution in [-0.2, 0) is 14.4 Å². The quantitative estimate of drug-likeness (QED) is 0.451. The van der Waals surface area contributed by atoms with Gasteiger partial charge in [0.25, 0.3) is 5.91 Å². The van der Waals surface area contributed by atoms with Gasteiger partial charge in [-0.3, -0.25) is 9.69 Å². The molecule has 0 bridgehead atoms. The van der Waals surface area contributed by atoms with Gasteiger partial charge in [0, 0.05) is 25.2 Å². The molecule has 7 nitrogen and oxygen atoms in total. The molecule has 2 heterocycles. The van der Waals surface area contributed by atoms with Gasteiger partial charge < -0.3 is 20.2 Å². The van der Waals surface area contributed by atoms with Crippen LogP contribution in [0, 0.1) is 0 Å². The zero-order valence-corrected chi connectivity index (χ0v) is 13.7. The third kappa shape index (κ3) is 4.84. The van der Waals surface area contributed by atoms with E-state index in [9.17, 15) is 4.79 Å². The fourth-order valence-corrected chi connectivity index (χ4v) is 3.18. The van der Waals surface area contributed by atoms with Crippen LogP contribution in [0.5, 0.6) is 0 Å². The normalized spacial score (nSPS) is 27.7. The molecular formula is C15H28N4O3.